The molecule has 0 radical (unpaired) electrons. The molecule has 32 heavy (non-hydrogen) atoms. The lowest BCUT2D eigenvalue weighted by molar-refractivity contribution is 0.122. The van der Waals surface area contributed by atoms with Gasteiger partial charge in [0.05, 0.1) is 24.5 Å². The third-order valence-corrected chi connectivity index (χ3v) is 5.67. The minimum Gasteiger partial charge on any atom is -0.378 e. The van der Waals surface area contributed by atoms with Crippen LogP contribution in [-0.2, 0) is 4.74 Å². The minimum atomic E-state index is -0.359. The van der Waals surface area contributed by atoms with Crippen LogP contribution in [0.15, 0.2) is 61.4 Å². The van der Waals surface area contributed by atoms with Crippen LogP contribution in [0.4, 0.5) is 21.6 Å². The average molecular weight is 429 g/mol. The lowest BCUT2D eigenvalue weighted by Gasteiger charge is -2.29. The van der Waals surface area contributed by atoms with Gasteiger partial charge in [0, 0.05) is 59.4 Å². The molecule has 0 unspecified atom stereocenters. The van der Waals surface area contributed by atoms with Crippen molar-refractivity contribution in [2.45, 2.75) is 6.92 Å². The highest BCUT2D eigenvalue weighted by atomic mass is 19.1. The highest BCUT2D eigenvalue weighted by molar-refractivity contribution is 5.89. The number of pyridine rings is 2. The van der Waals surface area contributed by atoms with E-state index in [0.29, 0.717) is 28.3 Å². The number of fused-ring (bicyclic) bond motifs is 1. The van der Waals surface area contributed by atoms with Gasteiger partial charge >= 0.3 is 0 Å². The number of anilines is 3. The van der Waals surface area contributed by atoms with Crippen LogP contribution in [0, 0.1) is 6.92 Å². The standard InChI is InChI=1S/C25H24FN5O/c1-16-3-4-18(14-27-16)23-13-21-22(26)15-28-17(2)24(21)25(30-23)29-19-5-7-20(8-6-19)31-9-11-32-12-10-31/h3-8,13-15,28H,2,9-12H2,1H3,(H,29,30). The third-order valence-electron chi connectivity index (χ3n) is 5.67. The first-order chi connectivity index (χ1) is 15.6. The molecule has 5 rings (SSSR count). The number of nitrogens with one attached hydrogen (secondary N) is 2. The first kappa shape index (κ1) is 20.2. The summed E-state index contributed by atoms with van der Waals surface area (Å²) in [6, 6.07) is 13.7. The Morgan fingerprint density at radius 1 is 1.12 bits per heavy atom. The average Bonchev–Trinajstić information content (AvgIpc) is 2.83. The molecule has 2 aliphatic heterocycles. The highest BCUT2D eigenvalue weighted by Crippen LogP contribution is 2.37. The van der Waals surface area contributed by atoms with E-state index in [9.17, 15) is 4.39 Å². The number of rotatable bonds is 4. The number of halogens is 1. The van der Waals surface area contributed by atoms with E-state index in [2.05, 4.69) is 39.2 Å². The zero-order valence-electron chi connectivity index (χ0n) is 17.9. The van der Waals surface area contributed by atoms with Gasteiger partial charge in [0.15, 0.2) is 0 Å². The molecule has 1 aromatic carbocycles. The number of benzene rings is 1. The molecule has 0 spiro atoms. The van der Waals surface area contributed by atoms with Gasteiger partial charge in [0.25, 0.3) is 0 Å². The summed E-state index contributed by atoms with van der Waals surface area (Å²) >= 11 is 0. The molecule has 0 aliphatic carbocycles. The summed E-state index contributed by atoms with van der Waals surface area (Å²) in [5, 5.41) is 6.26. The highest BCUT2D eigenvalue weighted by Gasteiger charge is 2.22. The van der Waals surface area contributed by atoms with Gasteiger partial charge in [-0.25, -0.2) is 9.37 Å². The van der Waals surface area contributed by atoms with Crippen LogP contribution in [0.3, 0.4) is 0 Å². The maximum atomic E-state index is 14.8. The molecular weight excluding hydrogens is 405 g/mol. The van der Waals surface area contributed by atoms with E-state index in [4.69, 9.17) is 9.72 Å². The lowest BCUT2D eigenvalue weighted by atomic mass is 9.99. The van der Waals surface area contributed by atoms with Crippen LogP contribution < -0.4 is 15.5 Å². The van der Waals surface area contributed by atoms with Crippen LogP contribution in [0.1, 0.15) is 16.8 Å². The Balaban J connectivity index is 1.51. The zero-order valence-corrected chi connectivity index (χ0v) is 17.9. The molecule has 0 saturated carbocycles. The second-order valence-corrected chi connectivity index (χ2v) is 7.85. The Hall–Kier alpha value is -3.71. The lowest BCUT2D eigenvalue weighted by Crippen LogP contribution is -2.36. The van der Waals surface area contributed by atoms with Crippen molar-refractivity contribution in [3.05, 3.63) is 78.3 Å². The molecule has 2 aliphatic rings. The molecule has 2 aromatic heterocycles. The van der Waals surface area contributed by atoms with Gasteiger partial charge in [-0.2, -0.15) is 0 Å². The first-order valence-corrected chi connectivity index (χ1v) is 10.6. The van der Waals surface area contributed by atoms with E-state index in [-0.39, 0.29) is 5.83 Å². The largest absolute Gasteiger partial charge is 0.378 e. The number of morpholine rings is 1. The molecule has 0 atom stereocenters. The van der Waals surface area contributed by atoms with Crippen molar-refractivity contribution in [1.29, 1.82) is 0 Å². The molecule has 3 aromatic rings. The van der Waals surface area contributed by atoms with Gasteiger partial charge in [0.1, 0.15) is 11.6 Å². The van der Waals surface area contributed by atoms with Crippen molar-refractivity contribution in [2.75, 3.05) is 36.5 Å². The van der Waals surface area contributed by atoms with Crippen molar-refractivity contribution >= 4 is 28.7 Å². The van der Waals surface area contributed by atoms with Crippen LogP contribution in [-0.4, -0.2) is 36.3 Å². The molecule has 7 heteroatoms. The summed E-state index contributed by atoms with van der Waals surface area (Å²) in [7, 11) is 0. The van der Waals surface area contributed by atoms with Crippen LogP contribution in [0.25, 0.3) is 22.8 Å². The smallest absolute Gasteiger partial charge is 0.147 e. The Kier molecular flexibility index (Phi) is 5.33. The van der Waals surface area contributed by atoms with Gasteiger partial charge in [-0.15, -0.1) is 0 Å². The SMILES string of the molecule is C=C1NC=C(F)c2cc(-c3ccc(C)nc3)nc(Nc3ccc(N4CCOCC4)cc3)c21. The molecule has 4 heterocycles. The second kappa shape index (κ2) is 8.43. The molecule has 1 saturated heterocycles. The number of hydrogen-bond acceptors (Lipinski definition) is 6. The van der Waals surface area contributed by atoms with Gasteiger partial charge in [-0.05, 0) is 49.4 Å². The fourth-order valence-corrected chi connectivity index (χ4v) is 3.91. The summed E-state index contributed by atoms with van der Waals surface area (Å²) in [6.07, 6.45) is 3.07. The number of nitrogens with zero attached hydrogens (tertiary/aromatic N) is 3. The molecule has 6 nitrogen and oxygen atoms in total. The van der Waals surface area contributed by atoms with Crippen molar-refractivity contribution in [1.82, 2.24) is 15.3 Å². The molecule has 0 bridgehead atoms. The van der Waals surface area contributed by atoms with E-state index in [1.807, 2.05) is 31.2 Å². The quantitative estimate of drug-likeness (QED) is 0.617. The number of ether oxygens (including phenoxy) is 1. The topological polar surface area (TPSA) is 62.3 Å². The number of hydrogen-bond donors (Lipinski definition) is 2. The summed E-state index contributed by atoms with van der Waals surface area (Å²) in [5.74, 6) is 0.180. The van der Waals surface area contributed by atoms with Gasteiger partial charge < -0.3 is 20.3 Å². The minimum absolute atomic E-state index is 0.359. The second-order valence-electron chi connectivity index (χ2n) is 7.85. The Morgan fingerprint density at radius 2 is 1.91 bits per heavy atom. The van der Waals surface area contributed by atoms with Crippen molar-refractivity contribution in [3.63, 3.8) is 0 Å². The summed E-state index contributed by atoms with van der Waals surface area (Å²) in [6.45, 7) is 9.22. The van der Waals surface area contributed by atoms with Gasteiger partial charge in [-0.1, -0.05) is 6.58 Å². The van der Waals surface area contributed by atoms with E-state index >= 15 is 0 Å². The van der Waals surface area contributed by atoms with Crippen molar-refractivity contribution < 1.29 is 9.13 Å². The summed E-state index contributed by atoms with van der Waals surface area (Å²) < 4.78 is 20.2. The Bertz CT molecular complexity index is 1180. The zero-order chi connectivity index (χ0) is 22.1. The number of aromatic nitrogens is 2. The van der Waals surface area contributed by atoms with Crippen LogP contribution in [0.2, 0.25) is 0 Å². The molecule has 2 N–H and O–H groups in total. The molecular formula is C25H24FN5O. The van der Waals surface area contributed by atoms with Crippen molar-refractivity contribution in [2.24, 2.45) is 0 Å². The third kappa shape index (κ3) is 3.94. The van der Waals surface area contributed by atoms with Gasteiger partial charge in [-0.3, -0.25) is 4.98 Å². The maximum Gasteiger partial charge on any atom is 0.147 e. The summed E-state index contributed by atoms with van der Waals surface area (Å²) in [4.78, 5) is 11.5. The van der Waals surface area contributed by atoms with E-state index in [1.165, 1.54) is 6.20 Å². The number of aryl methyl sites for hydroxylation is 1. The predicted molar refractivity (Wildman–Crippen MR) is 126 cm³/mol. The maximum absolute atomic E-state index is 14.8. The Morgan fingerprint density at radius 3 is 2.62 bits per heavy atom. The van der Waals surface area contributed by atoms with E-state index < -0.39 is 0 Å². The van der Waals surface area contributed by atoms with Crippen LogP contribution >= 0.6 is 0 Å². The normalized spacial score (nSPS) is 15.6. The van der Waals surface area contributed by atoms with Gasteiger partial charge in [0.2, 0.25) is 0 Å². The Labute approximate surface area is 186 Å². The monoisotopic (exact) mass is 429 g/mol. The predicted octanol–water partition coefficient (Wildman–Crippen LogP) is 4.87. The van der Waals surface area contributed by atoms with Crippen LogP contribution in [0.5, 0.6) is 0 Å². The molecule has 1 fully saturated rings. The van der Waals surface area contributed by atoms with E-state index in [1.54, 1.807) is 12.3 Å². The molecule has 0 amide bonds. The fraction of sp³-hybridized carbons (Fsp3) is 0.200. The van der Waals surface area contributed by atoms with E-state index in [0.717, 1.165) is 48.9 Å². The van der Waals surface area contributed by atoms with Crippen molar-refractivity contribution in [3.8, 4) is 11.3 Å². The summed E-state index contributed by atoms with van der Waals surface area (Å²) in [5.41, 5.74) is 6.04. The first-order valence-electron chi connectivity index (χ1n) is 10.6. The molecule has 162 valence electrons. The fourth-order valence-electron chi connectivity index (χ4n) is 3.91.